The van der Waals surface area contributed by atoms with E-state index in [1.54, 1.807) is 0 Å². The lowest BCUT2D eigenvalue weighted by molar-refractivity contribution is -0.146. The zero-order chi connectivity index (χ0) is 12.7. The van der Waals surface area contributed by atoms with Crippen LogP contribution in [-0.4, -0.2) is 40.4 Å². The number of ether oxygens (including phenoxy) is 1. The van der Waals surface area contributed by atoms with Crippen LogP contribution in [0.2, 0.25) is 0 Å². The third kappa shape index (κ3) is 5.17. The fourth-order valence-corrected chi connectivity index (χ4v) is 3.34. The first-order valence-corrected chi connectivity index (χ1v) is 7.93. The maximum Gasteiger partial charge on any atom is 0.323 e. The Labute approximate surface area is 106 Å². The van der Waals surface area contributed by atoms with E-state index in [0.717, 1.165) is 37.2 Å². The lowest BCUT2D eigenvalue weighted by Crippen LogP contribution is -2.46. The van der Waals surface area contributed by atoms with Gasteiger partial charge in [-0.2, -0.15) is 0 Å². The van der Waals surface area contributed by atoms with Crippen LogP contribution in [0.4, 0.5) is 0 Å². The third-order valence-electron chi connectivity index (χ3n) is 2.97. The molecule has 1 aliphatic heterocycles. The summed E-state index contributed by atoms with van der Waals surface area (Å²) >= 11 is 0. The van der Waals surface area contributed by atoms with Crippen LogP contribution in [0.1, 0.15) is 39.5 Å². The summed E-state index contributed by atoms with van der Waals surface area (Å²) in [6.45, 7) is 4.31. The van der Waals surface area contributed by atoms with Gasteiger partial charge in [-0.1, -0.05) is 13.3 Å². The molecule has 0 radical (unpaired) electrons. The van der Waals surface area contributed by atoms with Crippen LogP contribution in [0.3, 0.4) is 0 Å². The smallest absolute Gasteiger partial charge is 0.323 e. The highest BCUT2D eigenvalue weighted by molar-refractivity contribution is 7.85. The van der Waals surface area contributed by atoms with Crippen LogP contribution in [0.5, 0.6) is 0 Å². The van der Waals surface area contributed by atoms with Gasteiger partial charge in [-0.25, -0.2) is 0 Å². The van der Waals surface area contributed by atoms with Gasteiger partial charge < -0.3 is 10.1 Å². The van der Waals surface area contributed by atoms with Crippen LogP contribution in [0.25, 0.3) is 0 Å². The Kier molecular flexibility index (Phi) is 6.73. The molecular formula is C12H23NO3S. The second-order valence-electron chi connectivity index (χ2n) is 4.38. The fourth-order valence-electron chi connectivity index (χ4n) is 2.05. The Morgan fingerprint density at radius 1 is 1.41 bits per heavy atom. The number of nitrogens with one attached hydrogen (secondary N) is 1. The third-order valence-corrected chi connectivity index (χ3v) is 4.36. The van der Waals surface area contributed by atoms with Crippen molar-refractivity contribution in [2.75, 3.05) is 18.1 Å². The van der Waals surface area contributed by atoms with Crippen molar-refractivity contribution in [3.63, 3.8) is 0 Å². The standard InChI is InChI=1S/C12H23NO3S/c1-3-5-11(12(14)16-4-2)13-10-6-8-17(15)9-7-10/h10-11,13H,3-9H2,1-2H3. The molecule has 0 bridgehead atoms. The van der Waals surface area contributed by atoms with Gasteiger partial charge in [0, 0.05) is 28.3 Å². The van der Waals surface area contributed by atoms with E-state index in [1.165, 1.54) is 0 Å². The summed E-state index contributed by atoms with van der Waals surface area (Å²) < 4.78 is 16.3. The van der Waals surface area contributed by atoms with Crippen LogP contribution >= 0.6 is 0 Å². The van der Waals surface area contributed by atoms with E-state index in [9.17, 15) is 9.00 Å². The SMILES string of the molecule is CCCC(NC1CCS(=O)CC1)C(=O)OCC. The van der Waals surface area contributed by atoms with E-state index in [1.807, 2.05) is 6.92 Å². The molecule has 0 saturated carbocycles. The molecule has 0 amide bonds. The lowest BCUT2D eigenvalue weighted by atomic mass is 10.1. The quantitative estimate of drug-likeness (QED) is 0.730. The Morgan fingerprint density at radius 3 is 2.59 bits per heavy atom. The first-order valence-electron chi connectivity index (χ1n) is 6.45. The Morgan fingerprint density at radius 2 is 2.06 bits per heavy atom. The minimum atomic E-state index is -0.650. The molecular weight excluding hydrogens is 238 g/mol. The normalized spacial score (nSPS) is 26.5. The van der Waals surface area contributed by atoms with Crippen LogP contribution in [0.15, 0.2) is 0 Å². The van der Waals surface area contributed by atoms with E-state index in [-0.39, 0.29) is 12.0 Å². The maximum absolute atomic E-state index is 11.7. The average Bonchev–Trinajstić information content (AvgIpc) is 2.31. The second-order valence-corrected chi connectivity index (χ2v) is 6.08. The highest BCUT2D eigenvalue weighted by atomic mass is 32.2. The van der Waals surface area contributed by atoms with E-state index in [4.69, 9.17) is 4.74 Å². The highest BCUT2D eigenvalue weighted by Gasteiger charge is 2.25. The average molecular weight is 261 g/mol. The van der Waals surface area contributed by atoms with Crippen molar-refractivity contribution < 1.29 is 13.7 Å². The van der Waals surface area contributed by atoms with Gasteiger partial charge in [0.15, 0.2) is 0 Å². The zero-order valence-corrected chi connectivity index (χ0v) is 11.6. The topological polar surface area (TPSA) is 55.4 Å². The summed E-state index contributed by atoms with van der Waals surface area (Å²) in [5.74, 6) is 1.35. The van der Waals surface area contributed by atoms with Gasteiger partial charge in [0.2, 0.25) is 0 Å². The molecule has 1 N–H and O–H groups in total. The van der Waals surface area contributed by atoms with E-state index in [0.29, 0.717) is 12.6 Å². The van der Waals surface area contributed by atoms with Gasteiger partial charge in [-0.05, 0) is 26.2 Å². The summed E-state index contributed by atoms with van der Waals surface area (Å²) in [4.78, 5) is 11.7. The minimum absolute atomic E-state index is 0.152. The van der Waals surface area contributed by atoms with Crippen molar-refractivity contribution in [3.05, 3.63) is 0 Å². The molecule has 1 saturated heterocycles. The number of carbonyl (C=O) groups excluding carboxylic acids is 1. The number of hydrogen-bond acceptors (Lipinski definition) is 4. The summed E-state index contributed by atoms with van der Waals surface area (Å²) in [6.07, 6.45) is 3.55. The summed E-state index contributed by atoms with van der Waals surface area (Å²) in [5.41, 5.74) is 0. The second kappa shape index (κ2) is 7.82. The zero-order valence-electron chi connectivity index (χ0n) is 10.7. The summed E-state index contributed by atoms with van der Waals surface area (Å²) in [5, 5.41) is 3.35. The van der Waals surface area contributed by atoms with Gasteiger partial charge >= 0.3 is 5.97 Å². The van der Waals surface area contributed by atoms with Crippen molar-refractivity contribution in [3.8, 4) is 0 Å². The van der Waals surface area contributed by atoms with Crippen LogP contribution in [0, 0.1) is 0 Å². The number of hydrogen-bond donors (Lipinski definition) is 1. The number of carbonyl (C=O) groups is 1. The lowest BCUT2D eigenvalue weighted by Gasteiger charge is -2.27. The van der Waals surface area contributed by atoms with Crippen molar-refractivity contribution in [2.24, 2.45) is 0 Å². The predicted molar refractivity (Wildman–Crippen MR) is 69.4 cm³/mol. The van der Waals surface area contributed by atoms with Crippen LogP contribution in [-0.2, 0) is 20.3 Å². The van der Waals surface area contributed by atoms with E-state index in [2.05, 4.69) is 12.2 Å². The summed E-state index contributed by atoms with van der Waals surface area (Å²) in [7, 11) is -0.650. The van der Waals surface area contributed by atoms with E-state index < -0.39 is 10.8 Å². The van der Waals surface area contributed by atoms with Crippen molar-refractivity contribution in [2.45, 2.75) is 51.6 Å². The molecule has 4 nitrogen and oxygen atoms in total. The molecule has 0 aliphatic carbocycles. The minimum Gasteiger partial charge on any atom is -0.465 e. The summed E-state index contributed by atoms with van der Waals surface area (Å²) in [6, 6.07) is 0.116. The molecule has 1 fully saturated rings. The number of esters is 1. The molecule has 0 aromatic heterocycles. The largest absolute Gasteiger partial charge is 0.465 e. The molecule has 0 aromatic carbocycles. The molecule has 0 aromatic rings. The maximum atomic E-state index is 11.7. The molecule has 1 aliphatic rings. The van der Waals surface area contributed by atoms with Gasteiger partial charge in [-0.3, -0.25) is 9.00 Å². The van der Waals surface area contributed by atoms with Gasteiger partial charge in [0.25, 0.3) is 0 Å². The Bertz CT molecular complexity index is 260. The van der Waals surface area contributed by atoms with Gasteiger partial charge in [-0.15, -0.1) is 0 Å². The van der Waals surface area contributed by atoms with Crippen molar-refractivity contribution >= 4 is 16.8 Å². The Hall–Kier alpha value is -0.420. The first-order chi connectivity index (χ1) is 8.17. The molecule has 1 atom stereocenters. The monoisotopic (exact) mass is 261 g/mol. The van der Waals surface area contributed by atoms with Gasteiger partial charge in [0.05, 0.1) is 6.61 Å². The molecule has 1 rings (SSSR count). The Balaban J connectivity index is 2.42. The first kappa shape index (κ1) is 14.6. The number of rotatable bonds is 6. The molecule has 1 heterocycles. The molecule has 100 valence electrons. The van der Waals surface area contributed by atoms with E-state index >= 15 is 0 Å². The highest BCUT2D eigenvalue weighted by Crippen LogP contribution is 2.12. The molecule has 0 spiro atoms. The predicted octanol–water partition coefficient (Wildman–Crippen LogP) is 1.22. The molecule has 1 unspecified atom stereocenters. The molecule has 5 heteroatoms. The van der Waals surface area contributed by atoms with Crippen molar-refractivity contribution in [1.82, 2.24) is 5.32 Å². The fraction of sp³-hybridized carbons (Fsp3) is 0.917. The van der Waals surface area contributed by atoms with Crippen molar-refractivity contribution in [1.29, 1.82) is 0 Å². The van der Waals surface area contributed by atoms with Gasteiger partial charge in [0.1, 0.15) is 6.04 Å². The van der Waals surface area contributed by atoms with Crippen LogP contribution < -0.4 is 5.32 Å². The molecule has 17 heavy (non-hydrogen) atoms.